The second-order valence-corrected chi connectivity index (χ2v) is 7.09. The second-order valence-electron chi connectivity index (χ2n) is 6.68. The number of nitrogens with one attached hydrogen (secondary N) is 2. The number of ether oxygens (including phenoxy) is 1. The molecule has 28 heavy (non-hydrogen) atoms. The van der Waals surface area contributed by atoms with E-state index < -0.39 is 6.61 Å². The number of hydrogen-bond donors (Lipinski definition) is 2. The van der Waals surface area contributed by atoms with Gasteiger partial charge in [0.25, 0.3) is 5.91 Å². The number of alkyl halides is 2. The summed E-state index contributed by atoms with van der Waals surface area (Å²) in [6, 6.07) is 13.6. The van der Waals surface area contributed by atoms with Crippen molar-refractivity contribution in [2.75, 3.05) is 36.4 Å². The number of hydrogen-bond acceptors (Lipinski definition) is 3. The summed E-state index contributed by atoms with van der Waals surface area (Å²) in [6.45, 7) is 2.00. The van der Waals surface area contributed by atoms with Crippen LogP contribution >= 0.6 is 11.6 Å². The average Bonchev–Trinajstić information content (AvgIpc) is 2.69. The molecule has 1 fully saturated rings. The van der Waals surface area contributed by atoms with Gasteiger partial charge in [-0.15, -0.1) is 0 Å². The van der Waals surface area contributed by atoms with Gasteiger partial charge in [-0.1, -0.05) is 35.9 Å². The Bertz CT molecular complexity index is 814. The number of para-hydroxylation sites is 3. The number of rotatable bonds is 6. The summed E-state index contributed by atoms with van der Waals surface area (Å²) in [5.74, 6) is -0.275. The lowest BCUT2D eigenvalue weighted by atomic mass is 10.2. The minimum absolute atomic E-state index is 0.0448. The molecule has 3 rings (SSSR count). The number of halogens is 3. The van der Waals surface area contributed by atoms with E-state index in [2.05, 4.69) is 15.0 Å². The van der Waals surface area contributed by atoms with Crippen molar-refractivity contribution >= 4 is 28.9 Å². The number of quaternary nitrogens is 1. The highest BCUT2D eigenvalue weighted by atomic mass is 35.5. The molecule has 8 heteroatoms. The average molecular weight is 411 g/mol. The van der Waals surface area contributed by atoms with E-state index in [1.165, 1.54) is 6.07 Å². The minimum Gasteiger partial charge on any atom is -0.433 e. The molecule has 2 aromatic rings. The Hall–Kier alpha value is -2.38. The van der Waals surface area contributed by atoms with Crippen molar-refractivity contribution in [2.45, 2.75) is 19.6 Å². The summed E-state index contributed by atoms with van der Waals surface area (Å²) in [5.41, 5.74) is 1.24. The quantitative estimate of drug-likeness (QED) is 0.769. The SMILES string of the molecule is C[C@@H](C(=O)Nc1ccccc1OC(F)F)[NH+]1CCN(c2ccccc2Cl)CC1. The monoisotopic (exact) mass is 410 g/mol. The Morgan fingerprint density at radius 3 is 2.46 bits per heavy atom. The minimum atomic E-state index is -2.95. The first-order valence-electron chi connectivity index (χ1n) is 9.14. The molecule has 1 atom stereocenters. The molecular weight excluding hydrogens is 388 g/mol. The van der Waals surface area contributed by atoms with Crippen LogP contribution in [0.5, 0.6) is 5.75 Å². The lowest BCUT2D eigenvalue weighted by Crippen LogP contribution is -3.19. The lowest BCUT2D eigenvalue weighted by Gasteiger charge is -2.36. The van der Waals surface area contributed by atoms with E-state index in [9.17, 15) is 13.6 Å². The van der Waals surface area contributed by atoms with Crippen LogP contribution in [-0.2, 0) is 4.79 Å². The normalized spacial score (nSPS) is 16.1. The van der Waals surface area contributed by atoms with Gasteiger partial charge in [-0.3, -0.25) is 4.79 Å². The third-order valence-corrected chi connectivity index (χ3v) is 5.29. The van der Waals surface area contributed by atoms with Gasteiger partial charge in [0.1, 0.15) is 5.75 Å². The fourth-order valence-electron chi connectivity index (χ4n) is 3.37. The summed E-state index contributed by atoms with van der Waals surface area (Å²) >= 11 is 6.27. The molecule has 0 saturated carbocycles. The Balaban J connectivity index is 1.59. The molecule has 1 aliphatic rings. The van der Waals surface area contributed by atoms with Crippen LogP contribution in [0.2, 0.25) is 5.02 Å². The molecule has 0 radical (unpaired) electrons. The fourth-order valence-corrected chi connectivity index (χ4v) is 3.63. The molecule has 0 aromatic heterocycles. The highest BCUT2D eigenvalue weighted by Gasteiger charge is 2.30. The van der Waals surface area contributed by atoms with Gasteiger partial charge in [0.05, 0.1) is 42.6 Å². The van der Waals surface area contributed by atoms with Crippen molar-refractivity contribution in [2.24, 2.45) is 0 Å². The largest absolute Gasteiger partial charge is 0.433 e. The molecule has 2 N–H and O–H groups in total. The van der Waals surface area contributed by atoms with E-state index in [-0.39, 0.29) is 23.4 Å². The van der Waals surface area contributed by atoms with Gasteiger partial charge in [0.2, 0.25) is 0 Å². The van der Waals surface area contributed by atoms with E-state index in [1.54, 1.807) is 18.2 Å². The predicted molar refractivity (Wildman–Crippen MR) is 106 cm³/mol. The van der Waals surface area contributed by atoms with Gasteiger partial charge in [-0.05, 0) is 31.2 Å². The zero-order valence-electron chi connectivity index (χ0n) is 15.5. The molecule has 0 aliphatic carbocycles. The van der Waals surface area contributed by atoms with Crippen molar-refractivity contribution in [1.82, 2.24) is 0 Å². The fraction of sp³-hybridized carbons (Fsp3) is 0.350. The first kappa shape index (κ1) is 20.4. The summed E-state index contributed by atoms with van der Waals surface area (Å²) in [4.78, 5) is 16.0. The van der Waals surface area contributed by atoms with Crippen LogP contribution in [0.25, 0.3) is 0 Å². The number of carbonyl (C=O) groups is 1. The number of carbonyl (C=O) groups excluding carboxylic acids is 1. The van der Waals surface area contributed by atoms with Crippen LogP contribution in [0.15, 0.2) is 48.5 Å². The van der Waals surface area contributed by atoms with E-state index >= 15 is 0 Å². The van der Waals surface area contributed by atoms with Crippen LogP contribution in [-0.4, -0.2) is 44.7 Å². The smallest absolute Gasteiger partial charge is 0.387 e. The maximum atomic E-state index is 12.6. The number of amides is 1. The molecule has 1 heterocycles. The summed E-state index contributed by atoms with van der Waals surface area (Å²) in [6.07, 6.45) is 0. The third-order valence-electron chi connectivity index (χ3n) is 4.97. The third kappa shape index (κ3) is 4.91. The molecule has 0 bridgehead atoms. The topological polar surface area (TPSA) is 46.0 Å². The van der Waals surface area contributed by atoms with Crippen LogP contribution in [0.1, 0.15) is 6.92 Å². The van der Waals surface area contributed by atoms with Crippen molar-refractivity contribution in [3.8, 4) is 5.75 Å². The Kier molecular flexibility index (Phi) is 6.70. The van der Waals surface area contributed by atoms with Gasteiger partial charge >= 0.3 is 6.61 Å². The molecular formula is C20H23ClF2N3O2+. The van der Waals surface area contributed by atoms with Crippen LogP contribution in [0, 0.1) is 0 Å². The van der Waals surface area contributed by atoms with Crippen molar-refractivity contribution in [3.63, 3.8) is 0 Å². The van der Waals surface area contributed by atoms with E-state index in [4.69, 9.17) is 11.6 Å². The molecule has 1 saturated heterocycles. The van der Waals surface area contributed by atoms with Crippen molar-refractivity contribution in [1.29, 1.82) is 0 Å². The summed E-state index contributed by atoms with van der Waals surface area (Å²) < 4.78 is 29.6. The summed E-state index contributed by atoms with van der Waals surface area (Å²) in [5, 5.41) is 3.43. The second kappa shape index (κ2) is 9.21. The zero-order chi connectivity index (χ0) is 20.1. The zero-order valence-corrected chi connectivity index (χ0v) is 16.3. The van der Waals surface area contributed by atoms with Crippen molar-refractivity contribution < 1.29 is 23.2 Å². The van der Waals surface area contributed by atoms with Crippen LogP contribution in [0.4, 0.5) is 20.2 Å². The predicted octanol–water partition coefficient (Wildman–Crippen LogP) is 2.67. The molecule has 0 spiro atoms. The molecule has 0 unspecified atom stereocenters. The number of benzene rings is 2. The van der Waals surface area contributed by atoms with E-state index in [1.807, 2.05) is 31.2 Å². The maximum absolute atomic E-state index is 12.6. The Morgan fingerprint density at radius 1 is 1.14 bits per heavy atom. The number of nitrogens with zero attached hydrogens (tertiary/aromatic N) is 1. The van der Waals surface area contributed by atoms with Crippen LogP contribution in [0.3, 0.4) is 0 Å². The first-order chi connectivity index (χ1) is 13.5. The van der Waals surface area contributed by atoms with Crippen LogP contribution < -0.4 is 19.9 Å². The van der Waals surface area contributed by atoms with E-state index in [0.29, 0.717) is 5.02 Å². The van der Waals surface area contributed by atoms with Gasteiger partial charge < -0.3 is 19.9 Å². The Morgan fingerprint density at radius 2 is 1.79 bits per heavy atom. The Labute approximate surface area is 167 Å². The van der Waals surface area contributed by atoms with Gasteiger partial charge in [-0.25, -0.2) is 0 Å². The van der Waals surface area contributed by atoms with Gasteiger partial charge in [-0.2, -0.15) is 8.78 Å². The van der Waals surface area contributed by atoms with E-state index in [0.717, 1.165) is 36.8 Å². The molecule has 1 amide bonds. The standard InChI is InChI=1S/C20H22ClF2N3O2/c1-14(19(27)24-16-7-3-5-9-18(16)28-20(22)23)25-10-12-26(13-11-25)17-8-4-2-6-15(17)21/h2-9,14,20H,10-13H2,1H3,(H,24,27)/p+1/t14-/m0/s1. The molecule has 5 nitrogen and oxygen atoms in total. The first-order valence-corrected chi connectivity index (χ1v) is 9.52. The number of anilines is 2. The summed E-state index contributed by atoms with van der Waals surface area (Å²) in [7, 11) is 0. The van der Waals surface area contributed by atoms with Gasteiger partial charge in [0.15, 0.2) is 6.04 Å². The number of piperazine rings is 1. The molecule has 2 aromatic carbocycles. The highest BCUT2D eigenvalue weighted by molar-refractivity contribution is 6.33. The molecule has 150 valence electrons. The highest BCUT2D eigenvalue weighted by Crippen LogP contribution is 2.26. The molecule has 1 aliphatic heterocycles. The lowest BCUT2D eigenvalue weighted by molar-refractivity contribution is -0.914. The van der Waals surface area contributed by atoms with Gasteiger partial charge in [0, 0.05) is 0 Å². The maximum Gasteiger partial charge on any atom is 0.387 e. The van der Waals surface area contributed by atoms with Crippen molar-refractivity contribution in [3.05, 3.63) is 53.6 Å².